The highest BCUT2D eigenvalue weighted by Crippen LogP contribution is 2.18. The summed E-state index contributed by atoms with van der Waals surface area (Å²) in [5.41, 5.74) is 5.25. The number of quaternary nitrogens is 1. The molecule has 1 heterocycles. The monoisotopic (exact) mass is 392 g/mol. The van der Waals surface area contributed by atoms with E-state index in [0.717, 1.165) is 11.4 Å². The minimum atomic E-state index is -0.0581. The summed E-state index contributed by atoms with van der Waals surface area (Å²) < 4.78 is 7.42. The highest BCUT2D eigenvalue weighted by molar-refractivity contribution is 5.94. The number of amides is 1. The van der Waals surface area contributed by atoms with Crippen molar-refractivity contribution in [2.45, 2.75) is 19.9 Å². The van der Waals surface area contributed by atoms with Crippen molar-refractivity contribution in [1.29, 1.82) is 0 Å². The van der Waals surface area contributed by atoms with Crippen LogP contribution in [0.5, 0.6) is 5.75 Å². The van der Waals surface area contributed by atoms with Gasteiger partial charge in [0, 0.05) is 28.2 Å². The van der Waals surface area contributed by atoms with Gasteiger partial charge >= 0.3 is 0 Å². The summed E-state index contributed by atoms with van der Waals surface area (Å²) in [5.74, 6) is 0.774. The van der Waals surface area contributed by atoms with E-state index in [2.05, 4.69) is 62.1 Å². The fraction of sp³-hybridized carbons (Fsp3) is 0.292. The van der Waals surface area contributed by atoms with Crippen LogP contribution in [0.2, 0.25) is 0 Å². The molecule has 0 spiro atoms. The fourth-order valence-electron chi connectivity index (χ4n) is 3.63. The lowest BCUT2D eigenvalue weighted by molar-refractivity contribution is -0.890. The zero-order valence-electron chi connectivity index (χ0n) is 17.8. The molecule has 5 heteroatoms. The Morgan fingerprint density at radius 3 is 2.07 bits per heavy atom. The van der Waals surface area contributed by atoms with Crippen LogP contribution in [-0.2, 0) is 0 Å². The molecule has 1 aromatic heterocycles. The number of hydrogen-bond acceptors (Lipinski definition) is 2. The third kappa shape index (κ3) is 4.69. The Balaban J connectivity index is 1.68. The second-order valence-corrected chi connectivity index (χ2v) is 7.61. The second kappa shape index (κ2) is 8.97. The molecule has 3 aromatic rings. The number of rotatable bonds is 7. The van der Waals surface area contributed by atoms with Gasteiger partial charge in [0.25, 0.3) is 5.91 Å². The summed E-state index contributed by atoms with van der Waals surface area (Å²) in [7, 11) is 5.85. The van der Waals surface area contributed by atoms with Gasteiger partial charge in [-0.1, -0.05) is 0 Å². The lowest BCUT2D eigenvalue weighted by Gasteiger charge is -2.22. The van der Waals surface area contributed by atoms with Crippen LogP contribution in [0, 0.1) is 13.8 Å². The molecular formula is C24H30N3O2+. The first kappa shape index (κ1) is 20.7. The molecule has 0 fully saturated rings. The molecule has 0 aliphatic carbocycles. The first-order chi connectivity index (χ1) is 13.9. The van der Waals surface area contributed by atoms with Crippen LogP contribution >= 0.6 is 0 Å². The largest absolute Gasteiger partial charge is 0.497 e. The number of methoxy groups -OCH3 is 1. The van der Waals surface area contributed by atoms with E-state index < -0.39 is 0 Å². The molecule has 0 unspecified atom stereocenters. The molecule has 29 heavy (non-hydrogen) atoms. The van der Waals surface area contributed by atoms with Crippen molar-refractivity contribution in [2.24, 2.45) is 0 Å². The summed E-state index contributed by atoms with van der Waals surface area (Å²) in [6.45, 7) is 4.72. The number of nitrogens with one attached hydrogen (secondary N) is 2. The highest BCUT2D eigenvalue weighted by Gasteiger charge is 2.19. The summed E-state index contributed by atoms with van der Waals surface area (Å²) >= 11 is 0. The van der Waals surface area contributed by atoms with E-state index in [-0.39, 0.29) is 11.9 Å². The topological polar surface area (TPSA) is 47.7 Å². The number of ether oxygens (including phenoxy) is 1. The zero-order valence-corrected chi connectivity index (χ0v) is 17.8. The molecule has 0 saturated heterocycles. The average Bonchev–Trinajstić information content (AvgIpc) is 3.06. The lowest BCUT2D eigenvalue weighted by Crippen LogP contribution is -3.07. The third-order valence-corrected chi connectivity index (χ3v) is 5.34. The molecule has 152 valence electrons. The van der Waals surface area contributed by atoms with Gasteiger partial charge in [-0.2, -0.15) is 0 Å². The molecule has 0 aliphatic rings. The molecule has 5 nitrogen and oxygen atoms in total. The summed E-state index contributed by atoms with van der Waals surface area (Å²) in [6.07, 6.45) is 0. The smallest absolute Gasteiger partial charge is 0.251 e. The van der Waals surface area contributed by atoms with Crippen molar-refractivity contribution in [3.05, 3.63) is 83.2 Å². The number of hydrogen-bond donors (Lipinski definition) is 2. The Hall–Kier alpha value is -3.05. The summed E-state index contributed by atoms with van der Waals surface area (Å²) in [6, 6.07) is 20.1. The predicted molar refractivity (Wildman–Crippen MR) is 116 cm³/mol. The molecule has 0 radical (unpaired) electrons. The molecule has 0 bridgehead atoms. The Morgan fingerprint density at radius 1 is 0.966 bits per heavy atom. The number of nitrogens with zero attached hydrogens (tertiary/aromatic N) is 1. The van der Waals surface area contributed by atoms with Crippen molar-refractivity contribution in [3.63, 3.8) is 0 Å². The SMILES string of the molecule is COc1ccc([C@H](CNC(=O)c2ccc(-n3c(C)ccc3C)cc2)[NH+](C)C)cc1. The van der Waals surface area contributed by atoms with E-state index in [1.165, 1.54) is 21.9 Å². The van der Waals surface area contributed by atoms with Crippen molar-refractivity contribution in [1.82, 2.24) is 9.88 Å². The van der Waals surface area contributed by atoms with E-state index in [1.54, 1.807) is 7.11 Å². The van der Waals surface area contributed by atoms with E-state index in [0.29, 0.717) is 12.1 Å². The molecule has 2 N–H and O–H groups in total. The van der Waals surface area contributed by atoms with Gasteiger partial charge in [-0.3, -0.25) is 4.79 Å². The first-order valence-corrected chi connectivity index (χ1v) is 9.88. The number of likely N-dealkylation sites (N-methyl/N-ethyl adjacent to an activating group) is 1. The normalized spacial score (nSPS) is 12.1. The van der Waals surface area contributed by atoms with Crippen LogP contribution in [0.15, 0.2) is 60.7 Å². The Kier molecular flexibility index (Phi) is 6.39. The van der Waals surface area contributed by atoms with Crippen LogP contribution in [-0.4, -0.2) is 38.2 Å². The summed E-state index contributed by atoms with van der Waals surface area (Å²) in [5, 5.41) is 3.09. The molecule has 1 atom stereocenters. The Labute approximate surface area is 172 Å². The van der Waals surface area contributed by atoms with E-state index in [4.69, 9.17) is 4.74 Å². The van der Waals surface area contributed by atoms with Gasteiger partial charge in [-0.05, 0) is 74.5 Å². The van der Waals surface area contributed by atoms with Crippen LogP contribution in [0.1, 0.15) is 33.4 Å². The van der Waals surface area contributed by atoms with Gasteiger partial charge < -0.3 is 19.5 Å². The van der Waals surface area contributed by atoms with Gasteiger partial charge in [-0.25, -0.2) is 0 Å². The third-order valence-electron chi connectivity index (χ3n) is 5.34. The quantitative estimate of drug-likeness (QED) is 0.650. The number of carbonyl (C=O) groups excluding carboxylic acids is 1. The molecule has 0 aliphatic heterocycles. The van der Waals surface area contributed by atoms with Crippen LogP contribution in [0.4, 0.5) is 0 Å². The molecule has 0 saturated carbocycles. The van der Waals surface area contributed by atoms with Crippen LogP contribution in [0.25, 0.3) is 5.69 Å². The van der Waals surface area contributed by atoms with Gasteiger partial charge in [-0.15, -0.1) is 0 Å². The van der Waals surface area contributed by atoms with Gasteiger partial charge in [0.05, 0.1) is 27.7 Å². The molecule has 3 rings (SSSR count). The Bertz CT molecular complexity index is 937. The maximum atomic E-state index is 12.7. The summed E-state index contributed by atoms with van der Waals surface area (Å²) in [4.78, 5) is 13.9. The molecule has 1 amide bonds. The zero-order chi connectivity index (χ0) is 21.0. The minimum Gasteiger partial charge on any atom is -0.497 e. The standard InChI is InChI=1S/C24H29N3O2/c1-17-6-7-18(2)27(17)21-12-8-20(9-13-21)24(28)25-16-23(26(3)4)19-10-14-22(29-5)15-11-19/h6-15,23H,16H2,1-5H3,(H,25,28)/p+1/t23-/m0/s1. The first-order valence-electron chi connectivity index (χ1n) is 9.88. The van der Waals surface area contributed by atoms with E-state index in [9.17, 15) is 4.79 Å². The number of carbonyl (C=O) groups is 1. The van der Waals surface area contributed by atoms with Gasteiger partial charge in [0.2, 0.25) is 0 Å². The highest BCUT2D eigenvalue weighted by atomic mass is 16.5. The van der Waals surface area contributed by atoms with Crippen molar-refractivity contribution < 1.29 is 14.4 Å². The Morgan fingerprint density at radius 2 is 1.55 bits per heavy atom. The number of benzene rings is 2. The fourth-order valence-corrected chi connectivity index (χ4v) is 3.63. The van der Waals surface area contributed by atoms with Crippen molar-refractivity contribution in [3.8, 4) is 11.4 Å². The maximum absolute atomic E-state index is 12.7. The molecule has 2 aromatic carbocycles. The van der Waals surface area contributed by atoms with Crippen molar-refractivity contribution >= 4 is 5.91 Å². The number of aromatic nitrogens is 1. The predicted octanol–water partition coefficient (Wildman–Crippen LogP) is 2.72. The lowest BCUT2D eigenvalue weighted by atomic mass is 10.1. The second-order valence-electron chi connectivity index (χ2n) is 7.61. The van der Waals surface area contributed by atoms with E-state index >= 15 is 0 Å². The maximum Gasteiger partial charge on any atom is 0.251 e. The van der Waals surface area contributed by atoms with E-state index in [1.807, 2.05) is 36.4 Å². The van der Waals surface area contributed by atoms with Gasteiger partial charge in [0.1, 0.15) is 11.8 Å². The van der Waals surface area contributed by atoms with Gasteiger partial charge in [0.15, 0.2) is 0 Å². The van der Waals surface area contributed by atoms with Crippen molar-refractivity contribution in [2.75, 3.05) is 27.7 Å². The minimum absolute atomic E-state index is 0.0581. The average molecular weight is 393 g/mol. The van der Waals surface area contributed by atoms with Crippen LogP contribution in [0.3, 0.4) is 0 Å². The number of aryl methyl sites for hydroxylation is 2. The van der Waals surface area contributed by atoms with Crippen LogP contribution < -0.4 is 15.0 Å². The molecular weight excluding hydrogens is 362 g/mol.